The fourth-order valence-corrected chi connectivity index (χ4v) is 4.61. The smallest absolute Gasteiger partial charge is 0.433 e. The number of halogens is 3. The van der Waals surface area contributed by atoms with Gasteiger partial charge in [0, 0.05) is 29.6 Å². The Morgan fingerprint density at radius 3 is 2.53 bits per heavy atom. The number of amides is 1. The first kappa shape index (κ1) is 25.6. The van der Waals surface area contributed by atoms with Crippen LogP contribution in [0.4, 0.5) is 18.0 Å². The molecule has 0 bridgehead atoms. The van der Waals surface area contributed by atoms with Gasteiger partial charge in [0.15, 0.2) is 5.78 Å². The second kappa shape index (κ2) is 9.69. The van der Waals surface area contributed by atoms with E-state index in [1.165, 1.54) is 36.0 Å². The van der Waals surface area contributed by atoms with E-state index in [2.05, 4.69) is 10.3 Å². The average Bonchev–Trinajstić information content (AvgIpc) is 2.73. The number of nitrogens with one attached hydrogen (secondary N) is 1. The van der Waals surface area contributed by atoms with Crippen molar-refractivity contribution in [3.63, 3.8) is 0 Å². The SMILES string of the molecule is COC(=O)C1=CN(Cc2ccc(C(F)(F)F)nc2)C2C(=O)[C@@H](NC(=O)OC(C)(C)C)CSC2=C1. The summed E-state index contributed by atoms with van der Waals surface area (Å²) in [6.45, 7) is 5.10. The highest BCUT2D eigenvalue weighted by Crippen LogP contribution is 2.36. The fourth-order valence-electron chi connectivity index (χ4n) is 3.39. The topological polar surface area (TPSA) is 97.8 Å². The number of esters is 1. The molecule has 1 fully saturated rings. The van der Waals surface area contributed by atoms with Crippen LogP contribution in [0.5, 0.6) is 0 Å². The summed E-state index contributed by atoms with van der Waals surface area (Å²) in [6.07, 6.45) is -1.27. The van der Waals surface area contributed by atoms with Gasteiger partial charge in [0.25, 0.3) is 0 Å². The Kier molecular flexibility index (Phi) is 7.29. The number of fused-ring (bicyclic) bond motifs is 1. The third-order valence-electron chi connectivity index (χ3n) is 4.83. The molecule has 2 atom stereocenters. The van der Waals surface area contributed by atoms with Crippen LogP contribution in [-0.4, -0.2) is 58.3 Å². The predicted molar refractivity (Wildman–Crippen MR) is 117 cm³/mol. The molecule has 34 heavy (non-hydrogen) atoms. The zero-order valence-electron chi connectivity index (χ0n) is 18.9. The van der Waals surface area contributed by atoms with Crippen molar-refractivity contribution in [1.29, 1.82) is 0 Å². The lowest BCUT2D eigenvalue weighted by Crippen LogP contribution is -2.55. The van der Waals surface area contributed by atoms with Crippen LogP contribution < -0.4 is 5.32 Å². The van der Waals surface area contributed by atoms with Crippen LogP contribution in [0.3, 0.4) is 0 Å². The van der Waals surface area contributed by atoms with Gasteiger partial charge in [-0.3, -0.25) is 9.78 Å². The highest BCUT2D eigenvalue weighted by Gasteiger charge is 2.42. The van der Waals surface area contributed by atoms with Crippen molar-refractivity contribution < 1.29 is 37.0 Å². The number of Topliss-reactive ketones (excluding diaryl/α,β-unsaturated/α-hetero) is 1. The summed E-state index contributed by atoms with van der Waals surface area (Å²) < 4.78 is 48.6. The van der Waals surface area contributed by atoms with E-state index in [-0.39, 0.29) is 23.7 Å². The van der Waals surface area contributed by atoms with Crippen molar-refractivity contribution in [3.8, 4) is 0 Å². The van der Waals surface area contributed by atoms with Crippen molar-refractivity contribution in [3.05, 3.63) is 52.3 Å². The van der Waals surface area contributed by atoms with Crippen molar-refractivity contribution in [2.24, 2.45) is 0 Å². The first-order valence-electron chi connectivity index (χ1n) is 10.2. The van der Waals surface area contributed by atoms with Gasteiger partial charge in [-0.2, -0.15) is 13.2 Å². The number of hydrogen-bond donors (Lipinski definition) is 1. The second-order valence-corrected chi connectivity index (χ2v) is 9.75. The van der Waals surface area contributed by atoms with Gasteiger partial charge in [0.05, 0.1) is 12.7 Å². The standard InChI is InChI=1S/C22H24F3N3O5S/c1-21(2,3)33-20(31)27-14-11-34-15-7-13(19(30)32-4)10-28(17(15)18(14)29)9-12-5-6-16(26-8-12)22(23,24)25/h5-8,10,14,17H,9,11H2,1-4H3,(H,27,31)/t14-,17?/m0/s1. The van der Waals surface area contributed by atoms with Crippen LogP contribution in [0.25, 0.3) is 0 Å². The van der Waals surface area contributed by atoms with Gasteiger partial charge in [-0.25, -0.2) is 9.59 Å². The number of alkyl carbamates (subject to hydrolysis) is 1. The van der Waals surface area contributed by atoms with Crippen LogP contribution >= 0.6 is 11.8 Å². The molecule has 3 rings (SSSR count). The second-order valence-electron chi connectivity index (χ2n) is 8.66. The largest absolute Gasteiger partial charge is 0.465 e. The minimum Gasteiger partial charge on any atom is -0.465 e. The summed E-state index contributed by atoms with van der Waals surface area (Å²) in [7, 11) is 1.22. The Bertz CT molecular complexity index is 1030. The summed E-state index contributed by atoms with van der Waals surface area (Å²) >= 11 is 1.29. The van der Waals surface area contributed by atoms with Crippen LogP contribution in [0, 0.1) is 0 Å². The number of ketones is 1. The number of rotatable bonds is 4. The number of hydrogen-bond acceptors (Lipinski definition) is 8. The Morgan fingerprint density at radius 2 is 1.97 bits per heavy atom. The molecule has 8 nitrogen and oxygen atoms in total. The van der Waals surface area contributed by atoms with Crippen molar-refractivity contribution in [1.82, 2.24) is 15.2 Å². The van der Waals surface area contributed by atoms with Gasteiger partial charge in [-0.05, 0) is 38.5 Å². The maximum atomic E-state index is 13.3. The third-order valence-corrected chi connectivity index (χ3v) is 6.00. The van der Waals surface area contributed by atoms with Crippen LogP contribution in [0.2, 0.25) is 0 Å². The van der Waals surface area contributed by atoms with Gasteiger partial charge in [-0.1, -0.05) is 6.07 Å². The quantitative estimate of drug-likeness (QED) is 0.630. The number of alkyl halides is 3. The molecule has 1 aromatic heterocycles. The van der Waals surface area contributed by atoms with Crippen LogP contribution in [0.15, 0.2) is 41.1 Å². The summed E-state index contributed by atoms with van der Waals surface area (Å²) in [6, 6.07) is 0.402. The average molecular weight is 500 g/mol. The van der Waals surface area contributed by atoms with E-state index in [1.54, 1.807) is 26.8 Å². The van der Waals surface area contributed by atoms with E-state index in [9.17, 15) is 27.6 Å². The molecule has 0 aromatic carbocycles. The molecule has 1 amide bonds. The van der Waals surface area contributed by atoms with Gasteiger partial charge < -0.3 is 19.7 Å². The summed E-state index contributed by atoms with van der Waals surface area (Å²) in [5, 5.41) is 2.58. The highest BCUT2D eigenvalue weighted by molar-refractivity contribution is 8.03. The monoisotopic (exact) mass is 499 g/mol. The maximum Gasteiger partial charge on any atom is 0.433 e. The Hall–Kier alpha value is -3.02. The fraction of sp³-hybridized carbons (Fsp3) is 0.455. The molecular formula is C22H24F3N3O5S. The van der Waals surface area contributed by atoms with Gasteiger partial charge in [0.1, 0.15) is 23.4 Å². The molecule has 3 heterocycles. The molecule has 184 valence electrons. The van der Waals surface area contributed by atoms with E-state index in [0.29, 0.717) is 10.5 Å². The number of carbonyl (C=O) groups excluding carboxylic acids is 3. The van der Waals surface area contributed by atoms with Crippen molar-refractivity contribution in [2.75, 3.05) is 12.9 Å². The molecular weight excluding hydrogens is 475 g/mol. The number of carbonyl (C=O) groups is 3. The Morgan fingerprint density at radius 1 is 1.26 bits per heavy atom. The van der Waals surface area contributed by atoms with E-state index >= 15 is 0 Å². The molecule has 2 aliphatic rings. The Labute approximate surface area is 198 Å². The van der Waals surface area contributed by atoms with Crippen molar-refractivity contribution >= 4 is 29.6 Å². The first-order valence-corrected chi connectivity index (χ1v) is 11.2. The molecule has 1 unspecified atom stereocenters. The Balaban J connectivity index is 1.85. The molecule has 1 N–H and O–H groups in total. The lowest BCUT2D eigenvalue weighted by atomic mass is 9.98. The number of pyridine rings is 1. The number of aromatic nitrogens is 1. The van der Waals surface area contributed by atoms with E-state index in [0.717, 1.165) is 12.3 Å². The minimum atomic E-state index is -4.58. The molecule has 1 aromatic rings. The number of nitrogens with zero attached hydrogens (tertiary/aromatic N) is 2. The zero-order valence-corrected chi connectivity index (χ0v) is 19.7. The summed E-state index contributed by atoms with van der Waals surface area (Å²) in [5.41, 5.74) is -1.20. The summed E-state index contributed by atoms with van der Waals surface area (Å²) in [4.78, 5) is 43.2. The molecule has 1 saturated heterocycles. The predicted octanol–water partition coefficient (Wildman–Crippen LogP) is 3.43. The molecule has 2 aliphatic heterocycles. The van der Waals surface area contributed by atoms with Gasteiger partial charge >= 0.3 is 18.2 Å². The number of thioether (sulfide) groups is 1. The zero-order chi connectivity index (χ0) is 25.3. The van der Waals surface area contributed by atoms with Crippen LogP contribution in [0.1, 0.15) is 32.0 Å². The van der Waals surface area contributed by atoms with Crippen molar-refractivity contribution in [2.45, 2.75) is 51.2 Å². The number of ether oxygens (including phenoxy) is 2. The maximum absolute atomic E-state index is 13.3. The third kappa shape index (κ3) is 6.10. The van der Waals surface area contributed by atoms with E-state index in [4.69, 9.17) is 9.47 Å². The molecule has 0 saturated carbocycles. The van der Waals surface area contributed by atoms with E-state index < -0.39 is 41.6 Å². The molecule has 0 radical (unpaired) electrons. The molecule has 12 heteroatoms. The normalized spacial score (nSPS) is 20.7. The van der Waals surface area contributed by atoms with Gasteiger partial charge in [0.2, 0.25) is 0 Å². The molecule has 0 spiro atoms. The lowest BCUT2D eigenvalue weighted by Gasteiger charge is -2.39. The molecule has 0 aliphatic carbocycles. The number of methoxy groups -OCH3 is 1. The lowest BCUT2D eigenvalue weighted by molar-refractivity contribution is -0.141. The van der Waals surface area contributed by atoms with Gasteiger partial charge in [-0.15, -0.1) is 11.8 Å². The van der Waals surface area contributed by atoms with E-state index in [1.807, 2.05) is 0 Å². The highest BCUT2D eigenvalue weighted by atomic mass is 32.2. The van der Waals surface area contributed by atoms with Crippen LogP contribution in [-0.2, 0) is 31.8 Å². The first-order chi connectivity index (χ1) is 15.8. The summed E-state index contributed by atoms with van der Waals surface area (Å²) in [5.74, 6) is -0.732. The minimum absolute atomic E-state index is 0.000897.